The summed E-state index contributed by atoms with van der Waals surface area (Å²) in [6, 6.07) is 29.0. The molecule has 0 heterocycles. The van der Waals surface area contributed by atoms with Crippen LogP contribution in [-0.4, -0.2) is 25.2 Å². The van der Waals surface area contributed by atoms with Crippen LogP contribution in [0.2, 0.25) is 0 Å². The van der Waals surface area contributed by atoms with Crippen molar-refractivity contribution in [2.45, 2.75) is 13.8 Å². The van der Waals surface area contributed by atoms with E-state index in [1.807, 2.05) is 49.4 Å². The van der Waals surface area contributed by atoms with Gasteiger partial charge in [-0.1, -0.05) is 54.1 Å². The standard InChI is InChI=1S/C36H30N6O4/c1-22-9-11-24(12-10-22)26(21-37)17-25-13-14-27(18-35(25)45-3)39-41-32-20-36(46-4)33(19-31(32)38-23(2)43)42-40-30-15-16-34(44)29-8-6-5-7-28(29)30/h5-20,44H,1-4H3,(H,38,43)/b26-17+,41-39?,42-40?. The first-order valence-corrected chi connectivity index (χ1v) is 14.2. The Morgan fingerprint density at radius 2 is 1.50 bits per heavy atom. The molecule has 0 saturated carbocycles. The summed E-state index contributed by atoms with van der Waals surface area (Å²) in [5, 5.41) is 41.7. The molecule has 10 nitrogen and oxygen atoms in total. The lowest BCUT2D eigenvalue weighted by Crippen LogP contribution is -2.05. The number of nitrogens with zero attached hydrogens (tertiary/aromatic N) is 5. The van der Waals surface area contributed by atoms with Crippen molar-refractivity contribution in [1.29, 1.82) is 5.26 Å². The number of nitriles is 1. The summed E-state index contributed by atoms with van der Waals surface area (Å²) < 4.78 is 11.2. The summed E-state index contributed by atoms with van der Waals surface area (Å²) in [4.78, 5) is 12.1. The predicted octanol–water partition coefficient (Wildman–Crippen LogP) is 9.72. The summed E-state index contributed by atoms with van der Waals surface area (Å²) in [6.45, 7) is 3.38. The molecule has 46 heavy (non-hydrogen) atoms. The number of aryl methyl sites for hydroxylation is 1. The van der Waals surface area contributed by atoms with E-state index in [1.165, 1.54) is 14.0 Å². The van der Waals surface area contributed by atoms with Crippen LogP contribution < -0.4 is 14.8 Å². The van der Waals surface area contributed by atoms with Gasteiger partial charge in [0.25, 0.3) is 0 Å². The van der Waals surface area contributed by atoms with Gasteiger partial charge in [-0.3, -0.25) is 4.79 Å². The fourth-order valence-electron chi connectivity index (χ4n) is 4.70. The number of rotatable bonds is 9. The van der Waals surface area contributed by atoms with Crippen molar-refractivity contribution in [3.8, 4) is 23.3 Å². The fraction of sp³-hybridized carbons (Fsp3) is 0.111. The molecule has 0 saturated heterocycles. The Morgan fingerprint density at radius 3 is 2.20 bits per heavy atom. The van der Waals surface area contributed by atoms with Gasteiger partial charge in [-0.05, 0) is 48.9 Å². The van der Waals surface area contributed by atoms with E-state index in [2.05, 4.69) is 31.8 Å². The lowest BCUT2D eigenvalue weighted by molar-refractivity contribution is -0.114. The number of azo groups is 2. The van der Waals surface area contributed by atoms with E-state index in [-0.39, 0.29) is 11.7 Å². The largest absolute Gasteiger partial charge is 0.507 e. The van der Waals surface area contributed by atoms with Crippen LogP contribution in [0.3, 0.4) is 0 Å². The van der Waals surface area contributed by atoms with Crippen LogP contribution in [-0.2, 0) is 4.79 Å². The number of ether oxygens (including phenoxy) is 2. The van der Waals surface area contributed by atoms with Crippen LogP contribution in [0.15, 0.2) is 111 Å². The summed E-state index contributed by atoms with van der Waals surface area (Å²) in [6.07, 6.45) is 1.76. The number of hydrogen-bond donors (Lipinski definition) is 2. The van der Waals surface area contributed by atoms with Crippen LogP contribution >= 0.6 is 0 Å². The van der Waals surface area contributed by atoms with E-state index in [0.29, 0.717) is 56.5 Å². The van der Waals surface area contributed by atoms with E-state index >= 15 is 0 Å². The summed E-state index contributed by atoms with van der Waals surface area (Å²) in [5.74, 6) is 0.697. The van der Waals surface area contributed by atoms with Crippen LogP contribution in [0.4, 0.5) is 28.4 Å². The minimum absolute atomic E-state index is 0.146. The Morgan fingerprint density at radius 1 is 0.804 bits per heavy atom. The molecular formula is C36H30N6O4. The normalized spacial score (nSPS) is 11.6. The third-order valence-corrected chi connectivity index (χ3v) is 7.02. The zero-order chi connectivity index (χ0) is 32.6. The van der Waals surface area contributed by atoms with Crippen molar-refractivity contribution >= 4 is 56.8 Å². The van der Waals surface area contributed by atoms with E-state index in [0.717, 1.165) is 16.5 Å². The lowest BCUT2D eigenvalue weighted by atomic mass is 10.0. The first-order valence-electron chi connectivity index (χ1n) is 14.2. The Kier molecular flexibility index (Phi) is 9.44. The highest BCUT2D eigenvalue weighted by Gasteiger charge is 2.13. The monoisotopic (exact) mass is 610 g/mol. The number of carbonyl (C=O) groups excluding carboxylic acids is 1. The second-order valence-corrected chi connectivity index (χ2v) is 10.2. The van der Waals surface area contributed by atoms with Gasteiger partial charge < -0.3 is 19.9 Å². The van der Waals surface area contributed by atoms with E-state index < -0.39 is 0 Å². The van der Waals surface area contributed by atoms with Gasteiger partial charge in [0.1, 0.15) is 28.6 Å². The Labute approximate surface area is 266 Å². The van der Waals surface area contributed by atoms with Gasteiger partial charge in [0.15, 0.2) is 0 Å². The maximum Gasteiger partial charge on any atom is 0.221 e. The second kappa shape index (κ2) is 14.0. The number of benzene rings is 5. The topological polar surface area (TPSA) is 141 Å². The maximum absolute atomic E-state index is 12.1. The molecule has 0 aromatic heterocycles. The number of allylic oxidation sites excluding steroid dienone is 1. The molecule has 0 aliphatic rings. The molecule has 0 bridgehead atoms. The molecule has 0 radical (unpaired) electrons. The van der Waals surface area contributed by atoms with E-state index in [1.54, 1.807) is 61.7 Å². The number of phenolic OH excluding ortho intramolecular Hbond substituents is 1. The van der Waals surface area contributed by atoms with Gasteiger partial charge in [-0.25, -0.2) is 0 Å². The minimum Gasteiger partial charge on any atom is -0.507 e. The summed E-state index contributed by atoms with van der Waals surface area (Å²) >= 11 is 0. The number of amides is 1. The number of fused-ring (bicyclic) bond motifs is 1. The van der Waals surface area contributed by atoms with Crippen LogP contribution in [0.5, 0.6) is 17.2 Å². The number of nitrogens with one attached hydrogen (secondary N) is 1. The first-order chi connectivity index (χ1) is 22.3. The molecular weight excluding hydrogens is 580 g/mol. The third-order valence-electron chi connectivity index (χ3n) is 7.02. The second-order valence-electron chi connectivity index (χ2n) is 10.2. The number of anilines is 1. The first kappa shape index (κ1) is 31.1. The van der Waals surface area contributed by atoms with Gasteiger partial charge in [-0.2, -0.15) is 10.4 Å². The molecule has 5 aromatic carbocycles. The van der Waals surface area contributed by atoms with Crippen molar-refractivity contribution in [3.05, 3.63) is 108 Å². The van der Waals surface area contributed by atoms with Crippen LogP contribution in [0, 0.1) is 18.3 Å². The van der Waals surface area contributed by atoms with Gasteiger partial charge >= 0.3 is 0 Å². The van der Waals surface area contributed by atoms with Crippen molar-refractivity contribution in [1.82, 2.24) is 0 Å². The number of carbonyl (C=O) groups is 1. The zero-order valence-electron chi connectivity index (χ0n) is 25.6. The summed E-state index contributed by atoms with van der Waals surface area (Å²) in [7, 11) is 3.03. The molecule has 2 N–H and O–H groups in total. The van der Waals surface area contributed by atoms with Crippen molar-refractivity contribution in [2.75, 3.05) is 19.5 Å². The molecule has 0 aliphatic heterocycles. The average molecular weight is 611 g/mol. The molecule has 0 aliphatic carbocycles. The van der Waals surface area contributed by atoms with Crippen molar-refractivity contribution in [2.24, 2.45) is 20.5 Å². The Bertz CT molecular complexity index is 2060. The zero-order valence-corrected chi connectivity index (χ0v) is 25.6. The average Bonchev–Trinajstić information content (AvgIpc) is 3.07. The molecule has 228 valence electrons. The number of hydrogen-bond acceptors (Lipinski definition) is 9. The van der Waals surface area contributed by atoms with E-state index in [9.17, 15) is 15.2 Å². The molecule has 0 atom stereocenters. The predicted molar refractivity (Wildman–Crippen MR) is 179 cm³/mol. The molecule has 5 aromatic rings. The lowest BCUT2D eigenvalue weighted by Gasteiger charge is -2.11. The molecule has 1 amide bonds. The molecule has 10 heteroatoms. The van der Waals surface area contributed by atoms with Crippen molar-refractivity contribution < 1.29 is 19.4 Å². The van der Waals surface area contributed by atoms with Crippen LogP contribution in [0.25, 0.3) is 22.4 Å². The smallest absolute Gasteiger partial charge is 0.221 e. The highest BCUT2D eigenvalue weighted by molar-refractivity contribution is 5.97. The number of aromatic hydroxyl groups is 1. The third kappa shape index (κ3) is 7.06. The minimum atomic E-state index is -0.311. The summed E-state index contributed by atoms with van der Waals surface area (Å²) in [5.41, 5.74) is 5.17. The SMILES string of the molecule is COc1cc(N=Nc2cc(OC)c(N=Nc3ccc(O)c4ccccc34)cc2NC(C)=O)ccc1/C=C(\C#N)c1ccc(C)cc1. The fourth-order valence-corrected chi connectivity index (χ4v) is 4.70. The quantitative estimate of drug-likeness (QED) is 0.0971. The van der Waals surface area contributed by atoms with E-state index in [4.69, 9.17) is 9.47 Å². The molecule has 5 rings (SSSR count). The van der Waals surface area contributed by atoms with Gasteiger partial charge in [-0.15, -0.1) is 15.3 Å². The van der Waals surface area contributed by atoms with Crippen molar-refractivity contribution in [3.63, 3.8) is 0 Å². The molecule has 0 unspecified atom stereocenters. The highest BCUT2D eigenvalue weighted by atomic mass is 16.5. The van der Waals surface area contributed by atoms with Gasteiger partial charge in [0.05, 0.1) is 42.9 Å². The Balaban J connectivity index is 1.47. The maximum atomic E-state index is 12.1. The highest BCUT2D eigenvalue weighted by Crippen LogP contribution is 2.41. The molecule has 0 spiro atoms. The van der Waals surface area contributed by atoms with Gasteiger partial charge in [0.2, 0.25) is 5.91 Å². The Hall–Kier alpha value is -6.34. The van der Waals surface area contributed by atoms with Gasteiger partial charge in [0, 0.05) is 35.4 Å². The number of methoxy groups -OCH3 is 2. The van der Waals surface area contributed by atoms with Crippen LogP contribution in [0.1, 0.15) is 23.6 Å². The number of phenols is 1. The molecule has 0 fully saturated rings.